The summed E-state index contributed by atoms with van der Waals surface area (Å²) in [6, 6.07) is 6.89. The summed E-state index contributed by atoms with van der Waals surface area (Å²) in [5.74, 6) is -1.63. The van der Waals surface area contributed by atoms with Crippen molar-refractivity contribution < 1.29 is 14.7 Å². The molecule has 122 valence electrons. The van der Waals surface area contributed by atoms with E-state index in [2.05, 4.69) is 6.92 Å². The van der Waals surface area contributed by atoms with Gasteiger partial charge in [-0.05, 0) is 30.0 Å². The van der Waals surface area contributed by atoms with Gasteiger partial charge in [0.2, 0.25) is 0 Å². The lowest BCUT2D eigenvalue weighted by Crippen LogP contribution is -2.49. The van der Waals surface area contributed by atoms with Gasteiger partial charge >= 0.3 is 0 Å². The average Bonchev–Trinajstić information content (AvgIpc) is 2.80. The lowest BCUT2D eigenvalue weighted by molar-refractivity contribution is -0.310. The Hall–Kier alpha value is -1.66. The molecule has 0 aliphatic carbocycles. The van der Waals surface area contributed by atoms with E-state index in [0.29, 0.717) is 17.7 Å². The molecule has 1 heterocycles. The minimum absolute atomic E-state index is 0.272. The molecule has 0 radical (unpaired) electrons. The molecule has 4 nitrogen and oxygen atoms in total. The Morgan fingerprint density at radius 3 is 2.52 bits per heavy atom. The predicted octanol–water partition coefficient (Wildman–Crippen LogP) is 2.37. The van der Waals surface area contributed by atoms with E-state index in [1.54, 1.807) is 6.08 Å². The normalized spacial score (nSPS) is 17.8. The number of aliphatic carboxylic acids is 1. The van der Waals surface area contributed by atoms with Crippen LogP contribution < -0.4 is 5.11 Å². The Bertz CT molecular complexity index is 652. The van der Waals surface area contributed by atoms with E-state index in [1.807, 2.05) is 31.2 Å². The monoisotopic (exact) mass is 348 g/mol. The Labute approximate surface area is 145 Å². The van der Waals surface area contributed by atoms with Gasteiger partial charge in [0.25, 0.3) is 5.91 Å². The number of carbonyl (C=O) groups is 2. The molecule has 1 saturated heterocycles. The van der Waals surface area contributed by atoms with Crippen molar-refractivity contribution in [2.75, 3.05) is 0 Å². The van der Waals surface area contributed by atoms with E-state index in [1.165, 1.54) is 10.5 Å². The van der Waals surface area contributed by atoms with Crippen molar-refractivity contribution in [2.24, 2.45) is 0 Å². The Morgan fingerprint density at radius 2 is 2.00 bits per heavy atom. The van der Waals surface area contributed by atoms with Gasteiger partial charge in [0.15, 0.2) is 0 Å². The number of benzene rings is 1. The zero-order valence-electron chi connectivity index (χ0n) is 13.1. The summed E-state index contributed by atoms with van der Waals surface area (Å²) >= 11 is 6.33. The van der Waals surface area contributed by atoms with Gasteiger partial charge in [0.1, 0.15) is 4.32 Å². The SMILES string of the molecule is CCC[C@@H](C(=O)[O-])N1C(=O)/C(=C/c2ccc(CC)cc2)SC1=S. The molecule has 6 heteroatoms. The van der Waals surface area contributed by atoms with Crippen LogP contribution >= 0.6 is 24.0 Å². The van der Waals surface area contributed by atoms with Crippen LogP contribution in [0.4, 0.5) is 0 Å². The number of carbonyl (C=O) groups excluding carboxylic acids is 2. The molecule has 1 amide bonds. The summed E-state index contributed by atoms with van der Waals surface area (Å²) in [5.41, 5.74) is 2.11. The number of nitrogens with zero attached hydrogens (tertiary/aromatic N) is 1. The number of hydrogen-bond donors (Lipinski definition) is 0. The molecule has 23 heavy (non-hydrogen) atoms. The van der Waals surface area contributed by atoms with E-state index in [0.717, 1.165) is 23.7 Å². The Morgan fingerprint density at radius 1 is 1.35 bits per heavy atom. The third-order valence-electron chi connectivity index (χ3n) is 3.66. The standard InChI is InChI=1S/C17H19NO3S2/c1-3-5-13(16(20)21)18-15(19)14(23-17(18)22)10-12-8-6-11(4-2)7-9-12/h6-10,13H,3-5H2,1-2H3,(H,20,21)/p-1/b14-10-/t13-/m0/s1. The molecular weight excluding hydrogens is 330 g/mol. The molecule has 1 aromatic carbocycles. The third kappa shape index (κ3) is 4.00. The Balaban J connectivity index is 2.25. The van der Waals surface area contributed by atoms with E-state index < -0.39 is 12.0 Å². The van der Waals surface area contributed by atoms with Gasteiger partial charge in [-0.2, -0.15) is 0 Å². The van der Waals surface area contributed by atoms with Crippen molar-refractivity contribution in [1.29, 1.82) is 0 Å². The fraction of sp³-hybridized carbons (Fsp3) is 0.353. The average molecular weight is 348 g/mol. The minimum atomic E-state index is -1.27. The molecule has 1 aromatic rings. The highest BCUT2D eigenvalue weighted by Gasteiger charge is 2.37. The quantitative estimate of drug-likeness (QED) is 0.583. The second-order valence-electron chi connectivity index (χ2n) is 5.27. The number of thiocarbonyl (C=S) groups is 1. The van der Waals surface area contributed by atoms with Crippen LogP contribution in [0.1, 0.15) is 37.8 Å². The molecule has 0 bridgehead atoms. The molecular formula is C17H18NO3S2-. The summed E-state index contributed by atoms with van der Waals surface area (Å²) in [6.07, 6.45) is 3.66. The van der Waals surface area contributed by atoms with Gasteiger partial charge in [-0.3, -0.25) is 9.69 Å². The molecule has 1 fully saturated rings. The molecule has 1 aliphatic heterocycles. The van der Waals surface area contributed by atoms with Gasteiger partial charge in [-0.1, -0.05) is 68.5 Å². The maximum atomic E-state index is 12.5. The van der Waals surface area contributed by atoms with E-state index in [9.17, 15) is 14.7 Å². The van der Waals surface area contributed by atoms with Gasteiger partial charge in [-0.15, -0.1) is 0 Å². The number of rotatable bonds is 6. The van der Waals surface area contributed by atoms with Crippen molar-refractivity contribution >= 4 is 46.3 Å². The van der Waals surface area contributed by atoms with Crippen molar-refractivity contribution in [3.05, 3.63) is 40.3 Å². The van der Waals surface area contributed by atoms with Crippen molar-refractivity contribution in [3.8, 4) is 0 Å². The van der Waals surface area contributed by atoms with Crippen LogP contribution in [0.2, 0.25) is 0 Å². The van der Waals surface area contributed by atoms with Crippen LogP contribution in [0.3, 0.4) is 0 Å². The first-order chi connectivity index (χ1) is 11.0. The fourth-order valence-electron chi connectivity index (χ4n) is 2.38. The predicted molar refractivity (Wildman–Crippen MR) is 94.5 cm³/mol. The summed E-state index contributed by atoms with van der Waals surface area (Å²) in [5, 5.41) is 11.3. The van der Waals surface area contributed by atoms with Crippen LogP contribution in [-0.4, -0.2) is 27.1 Å². The first kappa shape index (κ1) is 17.7. The summed E-state index contributed by atoms with van der Waals surface area (Å²) in [6.45, 7) is 3.94. The third-order valence-corrected chi connectivity index (χ3v) is 4.99. The highest BCUT2D eigenvalue weighted by Crippen LogP contribution is 2.34. The second kappa shape index (κ2) is 7.75. The first-order valence-electron chi connectivity index (χ1n) is 7.54. The van der Waals surface area contributed by atoms with E-state index >= 15 is 0 Å². The smallest absolute Gasteiger partial charge is 0.266 e. The molecule has 0 N–H and O–H groups in total. The zero-order valence-corrected chi connectivity index (χ0v) is 14.7. The number of aryl methyl sites for hydroxylation is 1. The molecule has 0 saturated carbocycles. The van der Waals surface area contributed by atoms with Crippen LogP contribution in [-0.2, 0) is 16.0 Å². The highest BCUT2D eigenvalue weighted by atomic mass is 32.2. The lowest BCUT2D eigenvalue weighted by Gasteiger charge is -2.27. The van der Waals surface area contributed by atoms with Gasteiger partial charge in [0, 0.05) is 0 Å². The van der Waals surface area contributed by atoms with Gasteiger partial charge in [-0.25, -0.2) is 0 Å². The summed E-state index contributed by atoms with van der Waals surface area (Å²) < 4.78 is 0.272. The lowest BCUT2D eigenvalue weighted by atomic mass is 10.1. The first-order valence-corrected chi connectivity index (χ1v) is 8.77. The largest absolute Gasteiger partial charge is 0.548 e. The van der Waals surface area contributed by atoms with Crippen molar-refractivity contribution in [3.63, 3.8) is 0 Å². The number of thioether (sulfide) groups is 1. The number of amides is 1. The maximum Gasteiger partial charge on any atom is 0.266 e. The zero-order chi connectivity index (χ0) is 17.0. The van der Waals surface area contributed by atoms with Crippen molar-refractivity contribution in [1.82, 2.24) is 4.90 Å². The molecule has 1 atom stereocenters. The van der Waals surface area contributed by atoms with Crippen LogP contribution in [0.25, 0.3) is 6.08 Å². The summed E-state index contributed by atoms with van der Waals surface area (Å²) in [4.78, 5) is 25.4. The van der Waals surface area contributed by atoms with E-state index in [-0.39, 0.29) is 10.2 Å². The topological polar surface area (TPSA) is 60.4 Å². The van der Waals surface area contributed by atoms with Crippen LogP contribution in [0, 0.1) is 0 Å². The molecule has 0 aromatic heterocycles. The highest BCUT2D eigenvalue weighted by molar-refractivity contribution is 8.26. The number of carboxylic acids is 1. The van der Waals surface area contributed by atoms with Crippen LogP contribution in [0.15, 0.2) is 29.2 Å². The minimum Gasteiger partial charge on any atom is -0.548 e. The van der Waals surface area contributed by atoms with E-state index in [4.69, 9.17) is 12.2 Å². The number of hydrogen-bond acceptors (Lipinski definition) is 5. The van der Waals surface area contributed by atoms with Crippen LogP contribution in [0.5, 0.6) is 0 Å². The maximum absolute atomic E-state index is 12.5. The fourth-order valence-corrected chi connectivity index (χ4v) is 3.73. The molecule has 1 aliphatic rings. The van der Waals surface area contributed by atoms with Gasteiger partial charge < -0.3 is 9.90 Å². The molecule has 0 unspecified atom stereocenters. The Kier molecular flexibility index (Phi) is 5.96. The van der Waals surface area contributed by atoms with Gasteiger partial charge in [0.05, 0.1) is 16.9 Å². The second-order valence-corrected chi connectivity index (χ2v) is 6.95. The summed E-state index contributed by atoms with van der Waals surface area (Å²) in [7, 11) is 0. The molecule has 2 rings (SSSR count). The number of carboxylic acid groups (broad SMARTS) is 1. The molecule has 0 spiro atoms. The van der Waals surface area contributed by atoms with Crippen molar-refractivity contribution in [2.45, 2.75) is 39.2 Å².